The number of imide groups is 1. The molecule has 1 unspecified atom stereocenters. The van der Waals surface area contributed by atoms with E-state index in [1.165, 1.54) is 19.3 Å². The standard InChI is InChI=1S/C18H21N3O3/c22-16-7-6-15(17(23)19-16)21-11-12-10-13(4-5-14(12)18(21)24)20-8-2-1-3-9-20/h4-5,10,15H,1-3,6-9,11H2,(H,19,22,23). The molecule has 1 N–H and O–H groups in total. The molecule has 0 saturated carbocycles. The summed E-state index contributed by atoms with van der Waals surface area (Å²) in [6.07, 6.45) is 4.39. The highest BCUT2D eigenvalue weighted by atomic mass is 16.2. The lowest BCUT2D eigenvalue weighted by atomic mass is 10.0. The Labute approximate surface area is 140 Å². The van der Waals surface area contributed by atoms with Crippen molar-refractivity contribution in [1.82, 2.24) is 10.2 Å². The molecule has 2 saturated heterocycles. The van der Waals surface area contributed by atoms with E-state index in [1.807, 2.05) is 12.1 Å². The highest BCUT2D eigenvalue weighted by molar-refractivity contribution is 6.05. The van der Waals surface area contributed by atoms with Gasteiger partial charge < -0.3 is 9.80 Å². The van der Waals surface area contributed by atoms with Gasteiger partial charge in [0, 0.05) is 37.3 Å². The minimum Gasteiger partial charge on any atom is -0.372 e. The lowest BCUT2D eigenvalue weighted by molar-refractivity contribution is -0.136. The number of rotatable bonds is 2. The summed E-state index contributed by atoms with van der Waals surface area (Å²) in [7, 11) is 0. The van der Waals surface area contributed by atoms with Crippen molar-refractivity contribution < 1.29 is 14.4 Å². The van der Waals surface area contributed by atoms with Crippen molar-refractivity contribution in [3.63, 3.8) is 0 Å². The maximum Gasteiger partial charge on any atom is 0.255 e. The van der Waals surface area contributed by atoms with E-state index >= 15 is 0 Å². The van der Waals surface area contributed by atoms with Crippen molar-refractivity contribution in [1.29, 1.82) is 0 Å². The Kier molecular flexibility index (Phi) is 3.75. The highest BCUT2D eigenvalue weighted by Crippen LogP contribution is 2.31. The second-order valence-electron chi connectivity index (χ2n) is 6.79. The summed E-state index contributed by atoms with van der Waals surface area (Å²) >= 11 is 0. The minimum absolute atomic E-state index is 0.107. The van der Waals surface area contributed by atoms with E-state index in [9.17, 15) is 14.4 Å². The minimum atomic E-state index is -0.541. The predicted molar refractivity (Wildman–Crippen MR) is 88.6 cm³/mol. The predicted octanol–water partition coefficient (Wildman–Crippen LogP) is 1.44. The molecule has 126 valence electrons. The monoisotopic (exact) mass is 327 g/mol. The molecule has 3 amide bonds. The third kappa shape index (κ3) is 2.56. The molecule has 24 heavy (non-hydrogen) atoms. The van der Waals surface area contributed by atoms with Crippen molar-refractivity contribution in [3.05, 3.63) is 29.3 Å². The zero-order chi connectivity index (χ0) is 16.7. The number of nitrogens with zero attached hydrogens (tertiary/aromatic N) is 2. The van der Waals surface area contributed by atoms with E-state index in [0.29, 0.717) is 18.5 Å². The van der Waals surface area contributed by atoms with Crippen LogP contribution < -0.4 is 10.2 Å². The maximum atomic E-state index is 12.7. The summed E-state index contributed by atoms with van der Waals surface area (Å²) in [4.78, 5) is 40.0. The van der Waals surface area contributed by atoms with Gasteiger partial charge in [-0.1, -0.05) is 0 Å². The number of hydrogen-bond acceptors (Lipinski definition) is 4. The average molecular weight is 327 g/mol. The van der Waals surface area contributed by atoms with Gasteiger partial charge in [0.2, 0.25) is 11.8 Å². The first-order chi connectivity index (χ1) is 11.6. The van der Waals surface area contributed by atoms with E-state index < -0.39 is 6.04 Å². The highest BCUT2D eigenvalue weighted by Gasteiger charge is 2.39. The summed E-state index contributed by atoms with van der Waals surface area (Å²) in [6.45, 7) is 2.56. The van der Waals surface area contributed by atoms with Crippen LogP contribution in [0.5, 0.6) is 0 Å². The van der Waals surface area contributed by atoms with E-state index in [-0.39, 0.29) is 24.1 Å². The van der Waals surface area contributed by atoms with Crippen molar-refractivity contribution in [2.75, 3.05) is 18.0 Å². The molecule has 0 spiro atoms. The molecule has 0 radical (unpaired) electrons. The van der Waals surface area contributed by atoms with Crippen LogP contribution in [0.25, 0.3) is 0 Å². The van der Waals surface area contributed by atoms with Gasteiger partial charge in [0.1, 0.15) is 6.04 Å². The van der Waals surface area contributed by atoms with Crippen molar-refractivity contribution in [3.8, 4) is 0 Å². The molecule has 1 aromatic carbocycles. The lowest BCUT2D eigenvalue weighted by Crippen LogP contribution is -2.52. The van der Waals surface area contributed by atoms with E-state index in [2.05, 4.69) is 16.3 Å². The SMILES string of the molecule is O=C1CCC(N2Cc3cc(N4CCCCC4)ccc3C2=O)C(=O)N1. The van der Waals surface area contributed by atoms with Crippen LogP contribution in [0, 0.1) is 0 Å². The normalized spacial score (nSPS) is 24.2. The number of piperidine rings is 2. The van der Waals surface area contributed by atoms with Gasteiger partial charge in [-0.3, -0.25) is 19.7 Å². The molecule has 6 nitrogen and oxygen atoms in total. The Morgan fingerprint density at radius 2 is 1.83 bits per heavy atom. The van der Waals surface area contributed by atoms with Crippen LogP contribution in [0.1, 0.15) is 48.0 Å². The zero-order valence-corrected chi connectivity index (χ0v) is 13.6. The molecule has 1 aromatic rings. The van der Waals surface area contributed by atoms with Crippen LogP contribution in [0.2, 0.25) is 0 Å². The first-order valence-corrected chi connectivity index (χ1v) is 8.66. The van der Waals surface area contributed by atoms with Crippen LogP contribution in [0.15, 0.2) is 18.2 Å². The van der Waals surface area contributed by atoms with Gasteiger partial charge in [-0.05, 0) is 49.4 Å². The van der Waals surface area contributed by atoms with Gasteiger partial charge >= 0.3 is 0 Å². The van der Waals surface area contributed by atoms with Gasteiger partial charge in [0.05, 0.1) is 0 Å². The van der Waals surface area contributed by atoms with Crippen LogP contribution in [-0.2, 0) is 16.1 Å². The fraction of sp³-hybridized carbons (Fsp3) is 0.500. The molecular formula is C18H21N3O3. The maximum absolute atomic E-state index is 12.7. The lowest BCUT2D eigenvalue weighted by Gasteiger charge is -2.29. The molecule has 4 rings (SSSR count). The summed E-state index contributed by atoms with van der Waals surface area (Å²) in [5.74, 6) is -0.721. The summed E-state index contributed by atoms with van der Waals surface area (Å²) in [5.41, 5.74) is 2.82. The molecule has 0 aromatic heterocycles. The number of nitrogens with one attached hydrogen (secondary N) is 1. The van der Waals surface area contributed by atoms with E-state index in [4.69, 9.17) is 0 Å². The molecule has 3 aliphatic rings. The summed E-state index contributed by atoms with van der Waals surface area (Å²) < 4.78 is 0. The van der Waals surface area contributed by atoms with Crippen molar-refractivity contribution in [2.45, 2.75) is 44.7 Å². The quantitative estimate of drug-likeness (QED) is 0.835. The number of benzene rings is 1. The number of fused-ring (bicyclic) bond motifs is 1. The Balaban J connectivity index is 1.55. The largest absolute Gasteiger partial charge is 0.372 e. The molecule has 6 heteroatoms. The van der Waals surface area contributed by atoms with Gasteiger partial charge in [0.25, 0.3) is 5.91 Å². The molecule has 0 bridgehead atoms. The van der Waals surface area contributed by atoms with Gasteiger partial charge in [-0.15, -0.1) is 0 Å². The molecule has 1 atom stereocenters. The van der Waals surface area contributed by atoms with Crippen molar-refractivity contribution in [2.24, 2.45) is 0 Å². The van der Waals surface area contributed by atoms with E-state index in [1.54, 1.807) is 4.90 Å². The third-order valence-electron chi connectivity index (χ3n) is 5.23. The Morgan fingerprint density at radius 1 is 1.04 bits per heavy atom. The fourth-order valence-electron chi connectivity index (χ4n) is 3.91. The van der Waals surface area contributed by atoms with Gasteiger partial charge in [0.15, 0.2) is 0 Å². The number of carbonyl (C=O) groups excluding carboxylic acids is 3. The molecule has 2 fully saturated rings. The van der Waals surface area contributed by atoms with Crippen LogP contribution >= 0.6 is 0 Å². The number of amides is 3. The Hall–Kier alpha value is -2.37. The second kappa shape index (κ2) is 5.92. The Bertz CT molecular complexity index is 709. The number of hydrogen-bond donors (Lipinski definition) is 1. The number of anilines is 1. The first kappa shape index (κ1) is 15.2. The fourth-order valence-corrected chi connectivity index (χ4v) is 3.91. The van der Waals surface area contributed by atoms with Crippen LogP contribution in [0.3, 0.4) is 0 Å². The van der Waals surface area contributed by atoms with Crippen molar-refractivity contribution >= 4 is 23.4 Å². The summed E-state index contributed by atoms with van der Waals surface area (Å²) in [5, 5.41) is 2.34. The van der Waals surface area contributed by atoms with Gasteiger partial charge in [-0.2, -0.15) is 0 Å². The van der Waals surface area contributed by atoms with Gasteiger partial charge in [-0.25, -0.2) is 0 Å². The summed E-state index contributed by atoms with van der Waals surface area (Å²) in [6, 6.07) is 5.44. The smallest absolute Gasteiger partial charge is 0.255 e. The van der Waals surface area contributed by atoms with Crippen LogP contribution in [0.4, 0.5) is 5.69 Å². The molecule has 0 aliphatic carbocycles. The zero-order valence-electron chi connectivity index (χ0n) is 13.6. The first-order valence-electron chi connectivity index (χ1n) is 8.66. The molecule has 3 heterocycles. The topological polar surface area (TPSA) is 69.7 Å². The molecule has 3 aliphatic heterocycles. The van der Waals surface area contributed by atoms with E-state index in [0.717, 1.165) is 24.3 Å². The number of carbonyl (C=O) groups is 3. The molecular weight excluding hydrogens is 306 g/mol. The van der Waals surface area contributed by atoms with Crippen LogP contribution in [-0.4, -0.2) is 41.8 Å². The average Bonchev–Trinajstić information content (AvgIpc) is 2.92. The third-order valence-corrected chi connectivity index (χ3v) is 5.23. The Morgan fingerprint density at radius 3 is 2.58 bits per heavy atom. The second-order valence-corrected chi connectivity index (χ2v) is 6.79.